The molecule has 0 amide bonds. The average Bonchev–Trinajstić information content (AvgIpc) is 2.17. The third kappa shape index (κ3) is 4.87. The van der Waals surface area contributed by atoms with Gasteiger partial charge in [-0.05, 0) is 25.4 Å². The highest BCUT2D eigenvalue weighted by atomic mass is 19.4. The predicted molar refractivity (Wildman–Crippen MR) is 54.7 cm³/mol. The SMILES string of the molecule is CNC[C@@H](CC(F)(F)F)C1CCCCC1. The van der Waals surface area contributed by atoms with Crippen molar-refractivity contribution in [2.75, 3.05) is 13.6 Å². The molecule has 1 nitrogen and oxygen atoms in total. The molecule has 0 bridgehead atoms. The van der Waals surface area contributed by atoms with Gasteiger partial charge in [-0.25, -0.2) is 0 Å². The van der Waals surface area contributed by atoms with Gasteiger partial charge in [0, 0.05) is 6.42 Å². The Morgan fingerprint density at radius 2 is 1.80 bits per heavy atom. The van der Waals surface area contributed by atoms with Gasteiger partial charge in [-0.2, -0.15) is 13.2 Å². The van der Waals surface area contributed by atoms with Crippen molar-refractivity contribution in [2.45, 2.75) is 44.7 Å². The third-order valence-corrected chi connectivity index (χ3v) is 3.28. The summed E-state index contributed by atoms with van der Waals surface area (Å²) in [5, 5.41) is 2.89. The molecule has 1 aliphatic rings. The zero-order valence-electron chi connectivity index (χ0n) is 9.24. The Labute approximate surface area is 89.4 Å². The maximum absolute atomic E-state index is 12.4. The molecule has 1 aliphatic carbocycles. The van der Waals surface area contributed by atoms with Gasteiger partial charge in [-0.1, -0.05) is 32.1 Å². The topological polar surface area (TPSA) is 12.0 Å². The fourth-order valence-corrected chi connectivity index (χ4v) is 2.57. The van der Waals surface area contributed by atoms with Crippen LogP contribution in [0.1, 0.15) is 38.5 Å². The van der Waals surface area contributed by atoms with Crippen molar-refractivity contribution < 1.29 is 13.2 Å². The Morgan fingerprint density at radius 3 is 2.27 bits per heavy atom. The van der Waals surface area contributed by atoms with E-state index in [1.165, 1.54) is 6.42 Å². The molecule has 1 saturated carbocycles. The number of hydrogen-bond acceptors (Lipinski definition) is 1. The average molecular weight is 223 g/mol. The summed E-state index contributed by atoms with van der Waals surface area (Å²) in [5.74, 6) is 0.0446. The maximum atomic E-state index is 12.4. The minimum absolute atomic E-state index is 0.227. The van der Waals surface area contributed by atoms with Gasteiger partial charge >= 0.3 is 6.18 Å². The first-order valence-electron chi connectivity index (χ1n) is 5.74. The van der Waals surface area contributed by atoms with E-state index in [4.69, 9.17) is 0 Å². The first-order chi connectivity index (χ1) is 7.03. The third-order valence-electron chi connectivity index (χ3n) is 3.28. The Kier molecular flexibility index (Phi) is 4.90. The summed E-state index contributed by atoms with van der Waals surface area (Å²) in [4.78, 5) is 0. The second kappa shape index (κ2) is 5.73. The fourth-order valence-electron chi connectivity index (χ4n) is 2.57. The monoisotopic (exact) mass is 223 g/mol. The number of alkyl halides is 3. The van der Waals surface area contributed by atoms with Crippen LogP contribution in [0.15, 0.2) is 0 Å². The summed E-state index contributed by atoms with van der Waals surface area (Å²) in [6, 6.07) is 0. The Balaban J connectivity index is 2.47. The lowest BCUT2D eigenvalue weighted by molar-refractivity contribution is -0.149. The second-order valence-electron chi connectivity index (χ2n) is 4.54. The van der Waals surface area contributed by atoms with Crippen LogP contribution in [0, 0.1) is 11.8 Å². The summed E-state index contributed by atoms with van der Waals surface area (Å²) in [5.41, 5.74) is 0. The molecule has 15 heavy (non-hydrogen) atoms. The van der Waals surface area contributed by atoms with Crippen LogP contribution in [-0.2, 0) is 0 Å². The molecule has 1 N–H and O–H groups in total. The number of hydrogen-bond donors (Lipinski definition) is 1. The molecule has 0 aromatic carbocycles. The van der Waals surface area contributed by atoms with Crippen molar-refractivity contribution in [3.63, 3.8) is 0 Å². The summed E-state index contributed by atoms with van der Waals surface area (Å²) in [7, 11) is 1.73. The largest absolute Gasteiger partial charge is 0.389 e. The lowest BCUT2D eigenvalue weighted by atomic mass is 9.78. The van der Waals surface area contributed by atoms with Crippen molar-refractivity contribution in [1.82, 2.24) is 5.32 Å². The van der Waals surface area contributed by atoms with Crippen LogP contribution in [0.3, 0.4) is 0 Å². The van der Waals surface area contributed by atoms with E-state index < -0.39 is 12.6 Å². The van der Waals surface area contributed by atoms with Gasteiger partial charge in [0.1, 0.15) is 0 Å². The molecule has 0 unspecified atom stereocenters. The van der Waals surface area contributed by atoms with Crippen molar-refractivity contribution in [3.05, 3.63) is 0 Å². The van der Waals surface area contributed by atoms with Crippen LogP contribution in [-0.4, -0.2) is 19.8 Å². The minimum atomic E-state index is -4.01. The van der Waals surface area contributed by atoms with Gasteiger partial charge in [0.2, 0.25) is 0 Å². The van der Waals surface area contributed by atoms with Crippen LogP contribution in [0.5, 0.6) is 0 Å². The van der Waals surface area contributed by atoms with Crippen molar-refractivity contribution in [2.24, 2.45) is 11.8 Å². The van der Waals surface area contributed by atoms with Crippen LogP contribution in [0.25, 0.3) is 0 Å². The lowest BCUT2D eigenvalue weighted by Gasteiger charge is -2.30. The Morgan fingerprint density at radius 1 is 1.20 bits per heavy atom. The molecule has 0 aromatic heterocycles. The number of nitrogens with one attached hydrogen (secondary N) is 1. The molecule has 0 saturated heterocycles. The summed E-state index contributed by atoms with van der Waals surface area (Å²) in [6.45, 7) is 0.490. The van der Waals surface area contributed by atoms with Gasteiger partial charge in [0.25, 0.3) is 0 Å². The van der Waals surface area contributed by atoms with E-state index in [0.717, 1.165) is 25.7 Å². The second-order valence-corrected chi connectivity index (χ2v) is 4.54. The highest BCUT2D eigenvalue weighted by Crippen LogP contribution is 2.36. The molecule has 1 atom stereocenters. The molecule has 0 aliphatic heterocycles. The molecular weight excluding hydrogens is 203 g/mol. The lowest BCUT2D eigenvalue weighted by Crippen LogP contribution is -2.31. The smallest absolute Gasteiger partial charge is 0.319 e. The number of rotatable bonds is 4. The van der Waals surface area contributed by atoms with Gasteiger partial charge in [0.15, 0.2) is 0 Å². The van der Waals surface area contributed by atoms with Gasteiger partial charge in [0.05, 0.1) is 0 Å². The van der Waals surface area contributed by atoms with E-state index >= 15 is 0 Å². The van der Waals surface area contributed by atoms with E-state index in [0.29, 0.717) is 6.54 Å². The normalized spacial score (nSPS) is 21.6. The van der Waals surface area contributed by atoms with Crippen LogP contribution in [0.2, 0.25) is 0 Å². The first-order valence-corrected chi connectivity index (χ1v) is 5.74. The van der Waals surface area contributed by atoms with Gasteiger partial charge in [-0.3, -0.25) is 0 Å². The van der Waals surface area contributed by atoms with Crippen LogP contribution in [0.4, 0.5) is 13.2 Å². The van der Waals surface area contributed by atoms with E-state index in [9.17, 15) is 13.2 Å². The van der Waals surface area contributed by atoms with Crippen LogP contribution < -0.4 is 5.32 Å². The molecule has 0 aromatic rings. The van der Waals surface area contributed by atoms with Crippen molar-refractivity contribution >= 4 is 0 Å². The van der Waals surface area contributed by atoms with Crippen LogP contribution >= 0.6 is 0 Å². The summed E-state index contributed by atoms with van der Waals surface area (Å²) < 4.78 is 37.1. The minimum Gasteiger partial charge on any atom is -0.319 e. The quantitative estimate of drug-likeness (QED) is 0.770. The molecule has 1 fully saturated rings. The Hall–Kier alpha value is -0.250. The fraction of sp³-hybridized carbons (Fsp3) is 1.00. The first kappa shape index (κ1) is 12.8. The maximum Gasteiger partial charge on any atom is 0.389 e. The van der Waals surface area contributed by atoms with Crippen molar-refractivity contribution in [3.8, 4) is 0 Å². The summed E-state index contributed by atoms with van der Waals surface area (Å²) >= 11 is 0. The number of halogens is 3. The molecule has 1 rings (SSSR count). The highest BCUT2D eigenvalue weighted by Gasteiger charge is 2.35. The molecule has 90 valence electrons. The molecule has 4 heteroatoms. The zero-order chi connectivity index (χ0) is 11.3. The standard InChI is InChI=1S/C11H20F3N/c1-15-8-10(7-11(12,13)14)9-5-3-2-4-6-9/h9-10,15H,2-8H2,1H3/t10-/m1/s1. The zero-order valence-corrected chi connectivity index (χ0v) is 9.24. The van der Waals surface area contributed by atoms with Gasteiger partial charge < -0.3 is 5.32 Å². The van der Waals surface area contributed by atoms with E-state index in [2.05, 4.69) is 5.32 Å². The predicted octanol–water partition coefficient (Wildman–Crippen LogP) is 3.35. The molecule has 0 spiro atoms. The molecule has 0 heterocycles. The summed E-state index contributed by atoms with van der Waals surface area (Å²) in [6.07, 6.45) is 0.697. The van der Waals surface area contributed by atoms with Crippen molar-refractivity contribution in [1.29, 1.82) is 0 Å². The Bertz CT molecular complexity index is 173. The van der Waals surface area contributed by atoms with E-state index in [1.807, 2.05) is 0 Å². The molecular formula is C11H20F3N. The van der Waals surface area contributed by atoms with E-state index in [-0.39, 0.29) is 11.8 Å². The molecule has 0 radical (unpaired) electrons. The van der Waals surface area contributed by atoms with E-state index in [1.54, 1.807) is 7.05 Å². The highest BCUT2D eigenvalue weighted by molar-refractivity contribution is 4.77. The van der Waals surface area contributed by atoms with Gasteiger partial charge in [-0.15, -0.1) is 0 Å².